The van der Waals surface area contributed by atoms with Gasteiger partial charge in [-0.1, -0.05) is 6.07 Å². The maximum atomic E-state index is 11.7. The number of para-hydroxylation sites is 1. The van der Waals surface area contributed by atoms with Gasteiger partial charge in [-0.2, -0.15) is 0 Å². The highest BCUT2D eigenvalue weighted by Gasteiger charge is 2.37. The zero-order chi connectivity index (χ0) is 11.9. The number of halogens is 1. The van der Waals surface area contributed by atoms with E-state index in [-0.39, 0.29) is 12.3 Å². The summed E-state index contributed by atoms with van der Waals surface area (Å²) < 4.78 is 0.644. The van der Waals surface area contributed by atoms with Crippen LogP contribution in [0.5, 0.6) is 0 Å². The van der Waals surface area contributed by atoms with Gasteiger partial charge in [-0.15, -0.1) is 0 Å². The van der Waals surface area contributed by atoms with E-state index >= 15 is 0 Å². The molecule has 82 valence electrons. The predicted octanol–water partition coefficient (Wildman–Crippen LogP) is 1.57. The molecule has 5 heteroatoms. The number of Topliss-reactive ketones (excluding diaryl/α,β-unsaturated/α-hetero) is 2. The Morgan fingerprint density at radius 2 is 2.06 bits per heavy atom. The summed E-state index contributed by atoms with van der Waals surface area (Å²) in [6.07, 6.45) is 0. The van der Waals surface area contributed by atoms with E-state index in [4.69, 9.17) is 0 Å². The van der Waals surface area contributed by atoms with Crippen LogP contribution in [0.3, 0.4) is 0 Å². The Kier molecular flexibility index (Phi) is 2.63. The highest BCUT2D eigenvalue weighted by atomic mass is 79.9. The number of benzene rings is 1. The molecule has 0 N–H and O–H groups in total. The molecule has 0 unspecified atom stereocenters. The molecule has 1 aromatic carbocycles. The number of nitrogens with zero attached hydrogens (tertiary/aromatic N) is 1. The normalized spacial score (nSPS) is 14.2. The van der Waals surface area contributed by atoms with Crippen LogP contribution in [0, 0.1) is 0 Å². The van der Waals surface area contributed by atoms with Gasteiger partial charge in [0.1, 0.15) is 5.78 Å². The van der Waals surface area contributed by atoms with Gasteiger partial charge in [0.15, 0.2) is 0 Å². The van der Waals surface area contributed by atoms with Gasteiger partial charge in [-0.05, 0) is 35.0 Å². The number of anilines is 1. The van der Waals surface area contributed by atoms with Gasteiger partial charge >= 0.3 is 0 Å². The molecule has 2 rings (SSSR count). The first-order valence-electron chi connectivity index (χ1n) is 4.66. The van der Waals surface area contributed by atoms with E-state index in [9.17, 15) is 14.4 Å². The van der Waals surface area contributed by atoms with Crippen LogP contribution in [0.4, 0.5) is 5.69 Å². The van der Waals surface area contributed by atoms with Gasteiger partial charge in [-0.25, -0.2) is 0 Å². The minimum atomic E-state index is -0.642. The molecule has 0 bridgehead atoms. The van der Waals surface area contributed by atoms with Crippen molar-refractivity contribution in [2.75, 3.05) is 11.4 Å². The second-order valence-corrected chi connectivity index (χ2v) is 4.41. The first-order valence-corrected chi connectivity index (χ1v) is 5.46. The van der Waals surface area contributed by atoms with Crippen molar-refractivity contribution in [3.8, 4) is 0 Å². The minimum absolute atomic E-state index is 0.0693. The first-order chi connectivity index (χ1) is 7.52. The van der Waals surface area contributed by atoms with Crippen molar-refractivity contribution in [1.82, 2.24) is 0 Å². The minimum Gasteiger partial charge on any atom is -0.298 e. The summed E-state index contributed by atoms with van der Waals surface area (Å²) in [5.41, 5.74) is 0.841. The first kappa shape index (κ1) is 11.0. The van der Waals surface area contributed by atoms with Crippen LogP contribution in [0.25, 0.3) is 0 Å². The quantitative estimate of drug-likeness (QED) is 0.774. The average molecular weight is 282 g/mol. The molecule has 0 radical (unpaired) electrons. The molecule has 0 aliphatic carbocycles. The van der Waals surface area contributed by atoms with Gasteiger partial charge in [0.2, 0.25) is 0 Å². The zero-order valence-electron chi connectivity index (χ0n) is 8.49. The van der Waals surface area contributed by atoms with Gasteiger partial charge in [-0.3, -0.25) is 19.3 Å². The Morgan fingerprint density at radius 3 is 2.69 bits per heavy atom. The summed E-state index contributed by atoms with van der Waals surface area (Å²) in [6, 6.07) is 5.00. The Balaban J connectivity index is 2.56. The molecule has 0 saturated carbocycles. The highest BCUT2D eigenvalue weighted by molar-refractivity contribution is 9.10. The predicted molar refractivity (Wildman–Crippen MR) is 61.5 cm³/mol. The fourth-order valence-electron chi connectivity index (χ4n) is 1.69. The number of carbonyl (C=O) groups is 3. The summed E-state index contributed by atoms with van der Waals surface area (Å²) in [5.74, 6) is -1.36. The van der Waals surface area contributed by atoms with E-state index in [0.29, 0.717) is 15.7 Å². The van der Waals surface area contributed by atoms with E-state index in [0.717, 1.165) is 0 Å². The maximum Gasteiger partial charge on any atom is 0.299 e. The van der Waals surface area contributed by atoms with Crippen molar-refractivity contribution in [2.45, 2.75) is 6.92 Å². The average Bonchev–Trinajstić information content (AvgIpc) is 2.45. The molecule has 4 nitrogen and oxygen atoms in total. The summed E-state index contributed by atoms with van der Waals surface area (Å²) in [7, 11) is 0. The van der Waals surface area contributed by atoms with E-state index in [1.54, 1.807) is 18.2 Å². The molecule has 16 heavy (non-hydrogen) atoms. The topological polar surface area (TPSA) is 54.5 Å². The lowest BCUT2D eigenvalue weighted by atomic mass is 10.1. The summed E-state index contributed by atoms with van der Waals surface area (Å²) in [4.78, 5) is 35.5. The molecule has 1 aliphatic heterocycles. The molecule has 1 aliphatic rings. The van der Waals surface area contributed by atoms with Gasteiger partial charge in [0.25, 0.3) is 11.7 Å². The number of hydrogen-bond acceptors (Lipinski definition) is 3. The third-order valence-corrected chi connectivity index (χ3v) is 2.96. The smallest absolute Gasteiger partial charge is 0.298 e. The largest absolute Gasteiger partial charge is 0.299 e. The SMILES string of the molecule is CC(=O)CN1C(=O)C(=O)c2cccc(Br)c21. The standard InChI is InChI=1S/C11H8BrNO3/c1-6(14)5-13-9-7(10(15)11(13)16)3-2-4-8(9)12/h2-4H,5H2,1H3. The molecule has 0 saturated heterocycles. The Bertz CT molecular complexity index is 510. The number of carbonyl (C=O) groups excluding carboxylic acids is 3. The van der Waals surface area contributed by atoms with Crippen LogP contribution >= 0.6 is 15.9 Å². The van der Waals surface area contributed by atoms with E-state index in [2.05, 4.69) is 15.9 Å². The van der Waals surface area contributed by atoms with Crippen LogP contribution in [-0.2, 0) is 9.59 Å². The van der Waals surface area contributed by atoms with Gasteiger partial charge in [0.05, 0.1) is 17.8 Å². The summed E-state index contributed by atoms with van der Waals surface area (Å²) in [6.45, 7) is 1.31. The van der Waals surface area contributed by atoms with E-state index in [1.807, 2.05) is 0 Å². The van der Waals surface area contributed by atoms with Crippen LogP contribution in [0.2, 0.25) is 0 Å². The Labute approximate surface area is 100 Å². The van der Waals surface area contributed by atoms with Crippen molar-refractivity contribution in [1.29, 1.82) is 0 Å². The zero-order valence-corrected chi connectivity index (χ0v) is 10.1. The summed E-state index contributed by atoms with van der Waals surface area (Å²) >= 11 is 3.28. The molecular weight excluding hydrogens is 274 g/mol. The lowest BCUT2D eigenvalue weighted by molar-refractivity contribution is -0.119. The number of fused-ring (bicyclic) bond motifs is 1. The second-order valence-electron chi connectivity index (χ2n) is 3.56. The van der Waals surface area contributed by atoms with Crippen LogP contribution in [-0.4, -0.2) is 24.0 Å². The molecule has 0 aromatic heterocycles. The molecule has 1 heterocycles. The number of rotatable bonds is 2. The number of amides is 1. The maximum absolute atomic E-state index is 11.7. The second kappa shape index (κ2) is 3.83. The molecule has 1 aromatic rings. The third-order valence-electron chi connectivity index (χ3n) is 2.32. The van der Waals surface area contributed by atoms with Crippen molar-refractivity contribution in [3.63, 3.8) is 0 Å². The number of ketones is 2. The fraction of sp³-hybridized carbons (Fsp3) is 0.182. The van der Waals surface area contributed by atoms with E-state index in [1.165, 1.54) is 11.8 Å². The van der Waals surface area contributed by atoms with Crippen LogP contribution < -0.4 is 4.90 Å². The Hall–Kier alpha value is -1.49. The fourth-order valence-corrected chi connectivity index (χ4v) is 2.27. The third kappa shape index (κ3) is 1.57. The van der Waals surface area contributed by atoms with Gasteiger partial charge in [0, 0.05) is 4.47 Å². The lowest BCUT2D eigenvalue weighted by Crippen LogP contribution is -2.33. The van der Waals surface area contributed by atoms with Crippen LogP contribution in [0.15, 0.2) is 22.7 Å². The molecule has 1 amide bonds. The highest BCUT2D eigenvalue weighted by Crippen LogP contribution is 2.35. The van der Waals surface area contributed by atoms with Crippen molar-refractivity contribution >= 4 is 39.1 Å². The van der Waals surface area contributed by atoms with Crippen molar-refractivity contribution in [2.24, 2.45) is 0 Å². The van der Waals surface area contributed by atoms with Crippen LogP contribution in [0.1, 0.15) is 17.3 Å². The van der Waals surface area contributed by atoms with Gasteiger partial charge < -0.3 is 0 Å². The molecular formula is C11H8BrNO3. The van der Waals surface area contributed by atoms with Crippen molar-refractivity contribution < 1.29 is 14.4 Å². The Morgan fingerprint density at radius 1 is 1.38 bits per heavy atom. The molecule has 0 fully saturated rings. The summed E-state index contributed by atoms with van der Waals surface area (Å²) in [5, 5.41) is 0. The molecule has 0 atom stereocenters. The lowest BCUT2D eigenvalue weighted by Gasteiger charge is -2.15. The molecule has 0 spiro atoms. The van der Waals surface area contributed by atoms with Crippen molar-refractivity contribution in [3.05, 3.63) is 28.2 Å². The number of hydrogen-bond donors (Lipinski definition) is 0. The monoisotopic (exact) mass is 281 g/mol. The van der Waals surface area contributed by atoms with E-state index < -0.39 is 11.7 Å².